The van der Waals surface area contributed by atoms with Crippen molar-refractivity contribution in [2.45, 2.75) is 32.7 Å². The Morgan fingerprint density at radius 3 is 2.77 bits per heavy atom. The number of carbonyl (C=O) groups excluding carboxylic acids is 2. The van der Waals surface area contributed by atoms with Crippen LogP contribution < -0.4 is 5.32 Å². The first-order valence-corrected chi connectivity index (χ1v) is 4.55. The van der Waals surface area contributed by atoms with Crippen LogP contribution in [0.4, 0.5) is 0 Å². The first kappa shape index (κ1) is 10.0. The predicted octanol–water partition coefficient (Wildman–Crippen LogP) is 0.464. The molecule has 4 heteroatoms. The standard InChI is InChI=1S/C9H15NO3/c1-6(2)3-4-13-9(12)7-5-8(11)10-7/h6-7H,3-5H2,1-2H3,(H,10,11)/t7-/m0/s1. The summed E-state index contributed by atoms with van der Waals surface area (Å²) in [6.45, 7) is 4.58. The lowest BCUT2D eigenvalue weighted by atomic mass is 10.1. The second kappa shape index (κ2) is 4.25. The molecular weight excluding hydrogens is 170 g/mol. The first-order chi connectivity index (χ1) is 6.09. The first-order valence-electron chi connectivity index (χ1n) is 4.55. The van der Waals surface area contributed by atoms with E-state index in [-0.39, 0.29) is 24.3 Å². The molecule has 1 aliphatic rings. The highest BCUT2D eigenvalue weighted by Crippen LogP contribution is 2.07. The van der Waals surface area contributed by atoms with Crippen molar-refractivity contribution in [3.8, 4) is 0 Å². The molecule has 13 heavy (non-hydrogen) atoms. The number of esters is 1. The molecule has 4 nitrogen and oxygen atoms in total. The van der Waals surface area contributed by atoms with E-state index >= 15 is 0 Å². The summed E-state index contributed by atoms with van der Waals surface area (Å²) in [5.74, 6) is 0.148. The molecule has 1 N–H and O–H groups in total. The molecule has 0 unspecified atom stereocenters. The van der Waals surface area contributed by atoms with Crippen LogP contribution in [0.5, 0.6) is 0 Å². The Hall–Kier alpha value is -1.06. The van der Waals surface area contributed by atoms with Crippen LogP contribution in [0.1, 0.15) is 26.7 Å². The van der Waals surface area contributed by atoms with Crippen LogP contribution in [0.3, 0.4) is 0 Å². The van der Waals surface area contributed by atoms with E-state index in [1.165, 1.54) is 0 Å². The summed E-state index contributed by atoms with van der Waals surface area (Å²) >= 11 is 0. The van der Waals surface area contributed by atoms with Gasteiger partial charge in [-0.3, -0.25) is 4.79 Å². The van der Waals surface area contributed by atoms with Crippen LogP contribution in [0.2, 0.25) is 0 Å². The highest BCUT2D eigenvalue weighted by Gasteiger charge is 2.32. The Balaban J connectivity index is 2.08. The normalized spacial score (nSPS) is 20.8. The van der Waals surface area contributed by atoms with Crippen LogP contribution in [-0.2, 0) is 14.3 Å². The van der Waals surface area contributed by atoms with Crippen LogP contribution in [0.15, 0.2) is 0 Å². The van der Waals surface area contributed by atoms with Gasteiger partial charge in [0.25, 0.3) is 0 Å². The third-order valence-corrected chi connectivity index (χ3v) is 1.95. The lowest BCUT2D eigenvalue weighted by Gasteiger charge is -2.24. The fourth-order valence-corrected chi connectivity index (χ4v) is 0.997. The zero-order valence-corrected chi connectivity index (χ0v) is 8.00. The van der Waals surface area contributed by atoms with Crippen molar-refractivity contribution in [2.24, 2.45) is 5.92 Å². The highest BCUT2D eigenvalue weighted by molar-refractivity contribution is 5.94. The van der Waals surface area contributed by atoms with Crippen molar-refractivity contribution in [3.63, 3.8) is 0 Å². The maximum Gasteiger partial charge on any atom is 0.329 e. The molecule has 1 saturated heterocycles. The average molecular weight is 185 g/mol. The molecule has 0 aromatic rings. The van der Waals surface area contributed by atoms with Crippen molar-refractivity contribution in [1.82, 2.24) is 5.32 Å². The van der Waals surface area contributed by atoms with Crippen molar-refractivity contribution in [1.29, 1.82) is 0 Å². The Labute approximate surface area is 77.6 Å². The number of hydrogen-bond donors (Lipinski definition) is 1. The number of nitrogens with one attached hydrogen (secondary N) is 1. The van der Waals surface area contributed by atoms with Gasteiger partial charge in [-0.2, -0.15) is 0 Å². The molecule has 1 heterocycles. The summed E-state index contributed by atoms with van der Waals surface area (Å²) < 4.78 is 4.95. The molecule has 1 aliphatic heterocycles. The van der Waals surface area contributed by atoms with Gasteiger partial charge in [0.1, 0.15) is 6.04 Å². The van der Waals surface area contributed by atoms with Gasteiger partial charge in [0.15, 0.2) is 0 Å². The molecule has 0 saturated carbocycles. The van der Waals surface area contributed by atoms with Gasteiger partial charge in [-0.25, -0.2) is 4.79 Å². The maximum atomic E-state index is 11.1. The second-order valence-corrected chi connectivity index (χ2v) is 3.67. The SMILES string of the molecule is CC(C)CCOC(=O)[C@@H]1CC(=O)N1. The summed E-state index contributed by atoms with van der Waals surface area (Å²) in [6, 6.07) is -0.389. The zero-order valence-electron chi connectivity index (χ0n) is 8.00. The van der Waals surface area contributed by atoms with Crippen molar-refractivity contribution >= 4 is 11.9 Å². The Kier molecular flexibility index (Phi) is 3.28. The average Bonchev–Trinajstić information content (AvgIpc) is 1.97. The number of ether oxygens (including phenoxy) is 1. The van der Waals surface area contributed by atoms with Gasteiger partial charge in [-0.1, -0.05) is 13.8 Å². The van der Waals surface area contributed by atoms with E-state index in [2.05, 4.69) is 19.2 Å². The fourth-order valence-electron chi connectivity index (χ4n) is 0.997. The molecule has 1 fully saturated rings. The number of amides is 1. The van der Waals surface area contributed by atoms with E-state index in [1.807, 2.05) is 0 Å². The van der Waals surface area contributed by atoms with Crippen LogP contribution in [0.25, 0.3) is 0 Å². The Morgan fingerprint density at radius 1 is 1.69 bits per heavy atom. The molecule has 0 bridgehead atoms. The minimum atomic E-state index is -0.389. The lowest BCUT2D eigenvalue weighted by molar-refractivity contribution is -0.153. The molecule has 1 rings (SSSR count). The molecule has 0 aromatic heterocycles. The smallest absolute Gasteiger partial charge is 0.329 e. The third kappa shape index (κ3) is 3.05. The van der Waals surface area contributed by atoms with Gasteiger partial charge in [0.2, 0.25) is 5.91 Å². The van der Waals surface area contributed by atoms with Crippen molar-refractivity contribution in [3.05, 3.63) is 0 Å². The fraction of sp³-hybridized carbons (Fsp3) is 0.778. The van der Waals surface area contributed by atoms with E-state index in [0.717, 1.165) is 6.42 Å². The van der Waals surface area contributed by atoms with Gasteiger partial charge >= 0.3 is 5.97 Å². The third-order valence-electron chi connectivity index (χ3n) is 1.95. The number of β-lactam (4-membered cyclic amide) rings is 1. The molecule has 1 atom stereocenters. The zero-order chi connectivity index (χ0) is 9.84. The van der Waals surface area contributed by atoms with E-state index < -0.39 is 0 Å². The molecule has 1 amide bonds. The largest absolute Gasteiger partial charge is 0.464 e. The maximum absolute atomic E-state index is 11.1. The molecular formula is C9H15NO3. The number of hydrogen-bond acceptors (Lipinski definition) is 3. The van der Waals surface area contributed by atoms with Gasteiger partial charge < -0.3 is 10.1 Å². The van der Waals surface area contributed by atoms with Gasteiger partial charge in [0, 0.05) is 0 Å². The highest BCUT2D eigenvalue weighted by atomic mass is 16.5. The van der Waals surface area contributed by atoms with Crippen LogP contribution >= 0.6 is 0 Å². The minimum absolute atomic E-state index is 0.0780. The van der Waals surface area contributed by atoms with Gasteiger partial charge in [-0.05, 0) is 12.3 Å². The molecule has 74 valence electrons. The van der Waals surface area contributed by atoms with Crippen molar-refractivity contribution in [2.75, 3.05) is 6.61 Å². The summed E-state index contributed by atoms with van der Waals surface area (Å²) in [4.78, 5) is 21.6. The summed E-state index contributed by atoms with van der Waals surface area (Å²) in [7, 11) is 0. The van der Waals surface area contributed by atoms with Gasteiger partial charge in [-0.15, -0.1) is 0 Å². The topological polar surface area (TPSA) is 55.4 Å². The quantitative estimate of drug-likeness (QED) is 0.511. The van der Waals surface area contributed by atoms with Crippen LogP contribution in [-0.4, -0.2) is 24.5 Å². The molecule has 0 spiro atoms. The van der Waals surface area contributed by atoms with E-state index in [1.54, 1.807) is 0 Å². The lowest BCUT2D eigenvalue weighted by Crippen LogP contribution is -2.53. The van der Waals surface area contributed by atoms with Gasteiger partial charge in [0.05, 0.1) is 13.0 Å². The molecule has 0 aromatic carbocycles. The Bertz CT molecular complexity index is 205. The van der Waals surface area contributed by atoms with E-state index in [0.29, 0.717) is 12.5 Å². The monoisotopic (exact) mass is 185 g/mol. The molecule has 0 radical (unpaired) electrons. The summed E-state index contributed by atoms with van der Waals surface area (Å²) in [6.07, 6.45) is 1.15. The van der Waals surface area contributed by atoms with Crippen LogP contribution in [0, 0.1) is 5.92 Å². The number of rotatable bonds is 4. The van der Waals surface area contributed by atoms with Crippen molar-refractivity contribution < 1.29 is 14.3 Å². The number of carbonyl (C=O) groups is 2. The van der Waals surface area contributed by atoms with E-state index in [4.69, 9.17) is 4.74 Å². The Morgan fingerprint density at radius 2 is 2.31 bits per heavy atom. The second-order valence-electron chi connectivity index (χ2n) is 3.67. The molecule has 0 aliphatic carbocycles. The summed E-state index contributed by atoms with van der Waals surface area (Å²) in [5.41, 5.74) is 0. The minimum Gasteiger partial charge on any atom is -0.464 e. The predicted molar refractivity (Wildman–Crippen MR) is 47.0 cm³/mol. The summed E-state index contributed by atoms with van der Waals surface area (Å²) in [5, 5.41) is 2.47. The van der Waals surface area contributed by atoms with E-state index in [9.17, 15) is 9.59 Å².